The average molecular weight is 736 g/mol. The molecule has 2 heterocycles. The molecular weight excluding hydrogens is 666 g/mol. The van der Waals surface area contributed by atoms with Crippen LogP contribution in [0.3, 0.4) is 0 Å². The molecule has 12 atom stereocenters. The molecule has 2 rings (SSSR count). The van der Waals surface area contributed by atoms with Gasteiger partial charge in [-0.05, 0) is 19.3 Å². The first-order chi connectivity index (χ1) is 24.6. The van der Waals surface area contributed by atoms with E-state index in [2.05, 4.69) is 19.2 Å². The Morgan fingerprint density at radius 3 is 1.80 bits per heavy atom. The van der Waals surface area contributed by atoms with E-state index in [0.717, 1.165) is 51.4 Å². The van der Waals surface area contributed by atoms with Crippen molar-refractivity contribution < 1.29 is 64.6 Å². The number of carbonyl (C=O) groups excluding carboxylic acids is 1. The molecule has 2 aliphatic rings. The number of aliphatic hydroxyl groups is 8. The molecule has 0 aromatic heterocycles. The summed E-state index contributed by atoms with van der Waals surface area (Å²) in [4.78, 5) is 12.9. The number of aliphatic hydroxyl groups excluding tert-OH is 8. The average Bonchev–Trinajstić information content (AvgIpc) is 3.12. The zero-order valence-electron chi connectivity index (χ0n) is 30.8. The third-order valence-electron chi connectivity index (χ3n) is 9.72. The van der Waals surface area contributed by atoms with Crippen LogP contribution < -0.4 is 5.32 Å². The molecule has 0 aliphatic carbocycles. The van der Waals surface area contributed by atoms with Crippen molar-refractivity contribution >= 4 is 5.91 Å². The number of hydrogen-bond acceptors (Lipinski definition) is 13. The number of rotatable bonds is 27. The lowest BCUT2D eigenvalue weighted by molar-refractivity contribution is -0.359. The van der Waals surface area contributed by atoms with Crippen LogP contribution >= 0.6 is 0 Å². The molecule has 0 spiro atoms. The summed E-state index contributed by atoms with van der Waals surface area (Å²) in [6.07, 6.45) is 4.60. The van der Waals surface area contributed by atoms with Gasteiger partial charge in [0.2, 0.25) is 5.91 Å². The maximum absolute atomic E-state index is 12.9. The second-order valence-electron chi connectivity index (χ2n) is 14.1. The van der Waals surface area contributed by atoms with Crippen LogP contribution in [0.5, 0.6) is 0 Å². The molecule has 12 unspecified atom stereocenters. The predicted octanol–water partition coefficient (Wildman–Crippen LogP) is 1.70. The van der Waals surface area contributed by atoms with Gasteiger partial charge in [-0.2, -0.15) is 0 Å². The Hall–Kier alpha value is -1.27. The van der Waals surface area contributed by atoms with E-state index in [1.54, 1.807) is 6.08 Å². The van der Waals surface area contributed by atoms with Gasteiger partial charge in [0.25, 0.3) is 0 Å². The fourth-order valence-electron chi connectivity index (χ4n) is 6.40. The van der Waals surface area contributed by atoms with E-state index < -0.39 is 86.8 Å². The van der Waals surface area contributed by atoms with Crippen LogP contribution in [-0.4, -0.2) is 140 Å². The largest absolute Gasteiger partial charge is 0.394 e. The molecule has 300 valence electrons. The molecular formula is C37H69NO13. The van der Waals surface area contributed by atoms with Crippen molar-refractivity contribution in [1.82, 2.24) is 5.32 Å². The molecule has 14 nitrogen and oxygen atoms in total. The van der Waals surface area contributed by atoms with E-state index in [0.29, 0.717) is 6.42 Å². The van der Waals surface area contributed by atoms with E-state index in [1.807, 2.05) is 6.08 Å². The van der Waals surface area contributed by atoms with Gasteiger partial charge in [-0.25, -0.2) is 0 Å². The minimum Gasteiger partial charge on any atom is -0.394 e. The molecule has 2 fully saturated rings. The molecule has 0 saturated carbocycles. The monoisotopic (exact) mass is 735 g/mol. The van der Waals surface area contributed by atoms with Crippen LogP contribution in [-0.2, 0) is 23.7 Å². The summed E-state index contributed by atoms with van der Waals surface area (Å²) in [6, 6.07) is -0.902. The van der Waals surface area contributed by atoms with Crippen LogP contribution in [0.2, 0.25) is 0 Å². The van der Waals surface area contributed by atoms with Crippen molar-refractivity contribution in [3.8, 4) is 0 Å². The summed E-state index contributed by atoms with van der Waals surface area (Å²) in [7, 11) is 0. The van der Waals surface area contributed by atoms with Crippen molar-refractivity contribution in [3.63, 3.8) is 0 Å². The second-order valence-corrected chi connectivity index (χ2v) is 14.1. The summed E-state index contributed by atoms with van der Waals surface area (Å²) in [5, 5.41) is 85.7. The lowest BCUT2D eigenvalue weighted by atomic mass is 9.97. The van der Waals surface area contributed by atoms with E-state index in [4.69, 9.17) is 18.9 Å². The van der Waals surface area contributed by atoms with Crippen LogP contribution in [0.1, 0.15) is 123 Å². The minimum atomic E-state index is -1.78. The standard InChI is InChI=1S/C37H69NO13/c1-3-5-7-9-11-12-13-14-15-17-19-21-29(42)38-25(26(41)20-18-16-10-8-6-4-2)24-48-36-34(47)32(45)35(28(23-40)50-36)51-37-33(46)31(44)30(43)27(22-39)49-37/h18,20,25-28,30-37,39-41,43-47H,3-17,19,21-24H2,1-2H3,(H,38,42)/b20-18+. The molecule has 0 aromatic carbocycles. The highest BCUT2D eigenvalue weighted by molar-refractivity contribution is 5.76. The molecule has 0 aromatic rings. The van der Waals surface area contributed by atoms with Crippen LogP contribution in [0.25, 0.3) is 0 Å². The molecule has 2 aliphatic heterocycles. The van der Waals surface area contributed by atoms with Gasteiger partial charge in [0.15, 0.2) is 12.6 Å². The van der Waals surface area contributed by atoms with Crippen molar-refractivity contribution in [2.75, 3.05) is 19.8 Å². The smallest absolute Gasteiger partial charge is 0.220 e. The first-order valence-electron chi connectivity index (χ1n) is 19.4. The Bertz CT molecular complexity index is 925. The van der Waals surface area contributed by atoms with Gasteiger partial charge in [0.05, 0.1) is 32.0 Å². The van der Waals surface area contributed by atoms with Gasteiger partial charge in [-0.15, -0.1) is 0 Å². The summed E-state index contributed by atoms with van der Waals surface area (Å²) < 4.78 is 22.4. The molecule has 0 bridgehead atoms. The Labute approximate surface area is 304 Å². The predicted molar refractivity (Wildman–Crippen MR) is 189 cm³/mol. The molecule has 9 N–H and O–H groups in total. The fourth-order valence-corrected chi connectivity index (χ4v) is 6.40. The summed E-state index contributed by atoms with van der Waals surface area (Å²) in [6.45, 7) is 2.64. The highest BCUT2D eigenvalue weighted by Crippen LogP contribution is 2.29. The number of ether oxygens (including phenoxy) is 4. The quantitative estimate of drug-likeness (QED) is 0.0433. The van der Waals surface area contributed by atoms with Crippen molar-refractivity contribution in [1.29, 1.82) is 0 Å². The van der Waals surface area contributed by atoms with Gasteiger partial charge >= 0.3 is 0 Å². The number of unbranched alkanes of at least 4 members (excludes halogenated alkanes) is 14. The number of amides is 1. The lowest BCUT2D eigenvalue weighted by Gasteiger charge is -2.46. The molecule has 0 radical (unpaired) electrons. The normalized spacial score (nSPS) is 31.2. The maximum Gasteiger partial charge on any atom is 0.220 e. The highest BCUT2D eigenvalue weighted by atomic mass is 16.7. The maximum atomic E-state index is 12.9. The fraction of sp³-hybridized carbons (Fsp3) is 0.919. The molecule has 51 heavy (non-hydrogen) atoms. The van der Waals surface area contributed by atoms with Gasteiger partial charge in [-0.1, -0.05) is 109 Å². The summed E-state index contributed by atoms with van der Waals surface area (Å²) in [5.74, 6) is -0.249. The lowest BCUT2D eigenvalue weighted by Crippen LogP contribution is -2.65. The second kappa shape index (κ2) is 26.5. The van der Waals surface area contributed by atoms with Crippen LogP contribution in [0, 0.1) is 0 Å². The van der Waals surface area contributed by atoms with Crippen LogP contribution in [0.15, 0.2) is 12.2 Å². The van der Waals surface area contributed by atoms with Crippen molar-refractivity contribution in [2.24, 2.45) is 0 Å². The summed E-state index contributed by atoms with van der Waals surface area (Å²) >= 11 is 0. The van der Waals surface area contributed by atoms with Crippen molar-refractivity contribution in [2.45, 2.75) is 197 Å². The first-order valence-corrected chi connectivity index (χ1v) is 19.4. The number of carbonyl (C=O) groups is 1. The molecule has 14 heteroatoms. The van der Waals surface area contributed by atoms with E-state index in [9.17, 15) is 45.6 Å². The number of hydrogen-bond donors (Lipinski definition) is 9. The van der Waals surface area contributed by atoms with Gasteiger partial charge in [-0.3, -0.25) is 4.79 Å². The third kappa shape index (κ3) is 16.3. The Morgan fingerprint density at radius 1 is 0.686 bits per heavy atom. The Balaban J connectivity index is 1.94. The summed E-state index contributed by atoms with van der Waals surface area (Å²) in [5.41, 5.74) is 0. The third-order valence-corrected chi connectivity index (χ3v) is 9.72. The zero-order valence-corrected chi connectivity index (χ0v) is 30.8. The van der Waals surface area contributed by atoms with Crippen LogP contribution in [0.4, 0.5) is 0 Å². The Kier molecular flexibility index (Phi) is 23.8. The van der Waals surface area contributed by atoms with Crippen molar-refractivity contribution in [3.05, 3.63) is 12.2 Å². The zero-order chi connectivity index (χ0) is 37.6. The Morgan fingerprint density at radius 2 is 1.22 bits per heavy atom. The van der Waals surface area contributed by atoms with E-state index in [-0.39, 0.29) is 18.9 Å². The minimum absolute atomic E-state index is 0.249. The first kappa shape index (κ1) is 45.9. The molecule has 1 amide bonds. The van der Waals surface area contributed by atoms with E-state index in [1.165, 1.54) is 44.9 Å². The number of nitrogens with one attached hydrogen (secondary N) is 1. The molecule has 2 saturated heterocycles. The van der Waals surface area contributed by atoms with E-state index >= 15 is 0 Å². The van der Waals surface area contributed by atoms with Gasteiger partial charge < -0.3 is 65.1 Å². The highest BCUT2D eigenvalue weighted by Gasteiger charge is 2.50. The van der Waals surface area contributed by atoms with Gasteiger partial charge in [0, 0.05) is 6.42 Å². The number of allylic oxidation sites excluding steroid dienone is 1. The topological polar surface area (TPSA) is 228 Å². The SMILES string of the molecule is CCCCCC/C=C/C(O)C(COC1OC(CO)C(OC2OC(CO)C(O)C(O)C2O)C(O)C1O)NC(=O)CCCCCCCCCCCCC. The van der Waals surface area contributed by atoms with Gasteiger partial charge in [0.1, 0.15) is 48.8 Å².